The molecule has 1 aromatic carbocycles. The first-order chi connectivity index (χ1) is 7.27. The molecule has 0 unspecified atom stereocenters. The number of aliphatic hydroxyl groups is 1. The first kappa shape index (κ1) is 9.94. The Morgan fingerprint density at radius 1 is 1.60 bits per heavy atom. The van der Waals surface area contributed by atoms with Gasteiger partial charge in [-0.2, -0.15) is 5.26 Å². The van der Waals surface area contributed by atoms with Gasteiger partial charge in [-0.15, -0.1) is 0 Å². The van der Waals surface area contributed by atoms with Gasteiger partial charge in [-0.25, -0.2) is 4.39 Å². The highest BCUT2D eigenvalue weighted by atomic mass is 19.1. The van der Waals surface area contributed by atoms with E-state index in [4.69, 9.17) is 15.1 Å². The summed E-state index contributed by atoms with van der Waals surface area (Å²) >= 11 is 0. The number of benzene rings is 1. The van der Waals surface area contributed by atoms with Gasteiger partial charge in [0, 0.05) is 5.56 Å². The molecule has 0 atom stereocenters. The van der Waals surface area contributed by atoms with Crippen molar-refractivity contribution in [1.82, 2.24) is 0 Å². The van der Waals surface area contributed by atoms with E-state index >= 15 is 0 Å². The molecule has 15 heavy (non-hydrogen) atoms. The highest BCUT2D eigenvalue weighted by Crippen LogP contribution is 2.33. The second-order valence-corrected chi connectivity index (χ2v) is 3.42. The lowest BCUT2D eigenvalue weighted by Gasteiger charge is -2.21. The van der Waals surface area contributed by atoms with Gasteiger partial charge in [0.2, 0.25) is 0 Å². The zero-order valence-electron chi connectivity index (χ0n) is 8.09. The van der Waals surface area contributed by atoms with E-state index in [0.717, 1.165) is 18.4 Å². The van der Waals surface area contributed by atoms with Crippen LogP contribution in [0.1, 0.15) is 23.1 Å². The maximum atomic E-state index is 13.4. The fourth-order valence-corrected chi connectivity index (χ4v) is 1.82. The van der Waals surface area contributed by atoms with Crippen LogP contribution in [0, 0.1) is 17.1 Å². The molecule has 1 heterocycles. The molecule has 78 valence electrons. The van der Waals surface area contributed by atoms with Gasteiger partial charge in [0.1, 0.15) is 23.2 Å². The van der Waals surface area contributed by atoms with Gasteiger partial charge in [0.25, 0.3) is 0 Å². The second kappa shape index (κ2) is 3.87. The van der Waals surface area contributed by atoms with Gasteiger partial charge in [0.05, 0.1) is 13.2 Å². The number of ether oxygens (including phenoxy) is 1. The zero-order valence-corrected chi connectivity index (χ0v) is 8.09. The number of rotatable bonds is 1. The smallest absolute Gasteiger partial charge is 0.145 e. The molecule has 3 nitrogen and oxygen atoms in total. The van der Waals surface area contributed by atoms with Crippen LogP contribution < -0.4 is 4.74 Å². The minimum absolute atomic E-state index is 0.0538. The van der Waals surface area contributed by atoms with Crippen LogP contribution in [0.4, 0.5) is 4.39 Å². The van der Waals surface area contributed by atoms with E-state index in [1.165, 1.54) is 6.07 Å². The normalized spacial score (nSPS) is 13.9. The molecule has 0 radical (unpaired) electrons. The molecule has 1 aliphatic rings. The Balaban J connectivity index is 2.66. The fourth-order valence-electron chi connectivity index (χ4n) is 1.82. The van der Waals surface area contributed by atoms with Crippen LogP contribution in [-0.4, -0.2) is 11.7 Å². The van der Waals surface area contributed by atoms with E-state index in [0.29, 0.717) is 17.9 Å². The second-order valence-electron chi connectivity index (χ2n) is 3.42. The quantitative estimate of drug-likeness (QED) is 0.759. The van der Waals surface area contributed by atoms with Gasteiger partial charge in [0.15, 0.2) is 0 Å². The van der Waals surface area contributed by atoms with Gasteiger partial charge >= 0.3 is 0 Å². The average Bonchev–Trinajstić information content (AvgIpc) is 2.28. The van der Waals surface area contributed by atoms with Crippen LogP contribution in [0.2, 0.25) is 0 Å². The van der Waals surface area contributed by atoms with Crippen LogP contribution in [0.5, 0.6) is 5.75 Å². The number of aliphatic hydroxyl groups excluding tert-OH is 1. The molecule has 0 aliphatic carbocycles. The molecule has 2 rings (SSSR count). The summed E-state index contributed by atoms with van der Waals surface area (Å²) in [6.45, 7) is 0.268. The summed E-state index contributed by atoms with van der Waals surface area (Å²) in [5, 5.41) is 17.9. The van der Waals surface area contributed by atoms with E-state index in [1.54, 1.807) is 6.07 Å². The predicted molar refractivity (Wildman–Crippen MR) is 50.9 cm³/mol. The first-order valence-electron chi connectivity index (χ1n) is 4.76. The van der Waals surface area contributed by atoms with E-state index in [-0.39, 0.29) is 12.2 Å². The third-order valence-electron chi connectivity index (χ3n) is 2.53. The number of nitriles is 1. The van der Waals surface area contributed by atoms with E-state index < -0.39 is 5.82 Å². The summed E-state index contributed by atoms with van der Waals surface area (Å²) in [5.74, 6) is -0.310. The zero-order chi connectivity index (χ0) is 10.8. The molecule has 0 fully saturated rings. The summed E-state index contributed by atoms with van der Waals surface area (Å²) in [7, 11) is 0. The predicted octanol–water partition coefficient (Wildman–Crippen LogP) is 1.51. The molecule has 4 heteroatoms. The Bertz CT molecular complexity index is 437. The van der Waals surface area contributed by atoms with Crippen molar-refractivity contribution in [2.45, 2.75) is 19.4 Å². The highest BCUT2D eigenvalue weighted by molar-refractivity contribution is 5.53. The van der Waals surface area contributed by atoms with Gasteiger partial charge < -0.3 is 9.84 Å². The van der Waals surface area contributed by atoms with Crippen LogP contribution in [0.15, 0.2) is 6.07 Å². The summed E-state index contributed by atoms with van der Waals surface area (Å²) in [4.78, 5) is 0. The lowest BCUT2D eigenvalue weighted by atomic mass is 9.97. The Labute approximate surface area is 86.7 Å². The Morgan fingerprint density at radius 2 is 2.40 bits per heavy atom. The molecule has 0 aromatic heterocycles. The molecule has 1 aromatic rings. The van der Waals surface area contributed by atoms with Crippen LogP contribution in [-0.2, 0) is 13.0 Å². The van der Waals surface area contributed by atoms with Crippen LogP contribution >= 0.6 is 0 Å². The van der Waals surface area contributed by atoms with Crippen molar-refractivity contribution in [1.29, 1.82) is 5.26 Å². The van der Waals surface area contributed by atoms with Crippen molar-refractivity contribution in [2.24, 2.45) is 0 Å². The molecule has 1 aliphatic heterocycles. The van der Waals surface area contributed by atoms with Crippen LogP contribution in [0.3, 0.4) is 0 Å². The number of fused-ring (bicyclic) bond motifs is 1. The lowest BCUT2D eigenvalue weighted by molar-refractivity contribution is 0.264. The van der Waals surface area contributed by atoms with E-state index in [9.17, 15) is 4.39 Å². The summed E-state index contributed by atoms with van der Waals surface area (Å²) < 4.78 is 18.7. The molecule has 1 N–H and O–H groups in total. The maximum Gasteiger partial charge on any atom is 0.145 e. The van der Waals surface area contributed by atoms with Crippen molar-refractivity contribution in [3.63, 3.8) is 0 Å². The maximum absolute atomic E-state index is 13.4. The molecule has 0 amide bonds. The molecule has 0 spiro atoms. The van der Waals surface area contributed by atoms with Crippen molar-refractivity contribution in [2.75, 3.05) is 6.61 Å². The van der Waals surface area contributed by atoms with Gasteiger partial charge in [-0.3, -0.25) is 0 Å². The monoisotopic (exact) mass is 207 g/mol. The summed E-state index contributed by atoms with van der Waals surface area (Å²) in [6, 6.07) is 3.01. The number of halogens is 1. The number of hydrogen-bond acceptors (Lipinski definition) is 3. The Kier molecular flexibility index (Phi) is 2.57. The third kappa shape index (κ3) is 1.55. The number of hydrogen-bond donors (Lipinski definition) is 1. The van der Waals surface area contributed by atoms with Crippen molar-refractivity contribution in [3.8, 4) is 11.8 Å². The van der Waals surface area contributed by atoms with Crippen molar-refractivity contribution in [3.05, 3.63) is 28.6 Å². The van der Waals surface area contributed by atoms with Crippen molar-refractivity contribution < 1.29 is 14.2 Å². The van der Waals surface area contributed by atoms with Gasteiger partial charge in [-0.1, -0.05) is 0 Å². The van der Waals surface area contributed by atoms with E-state index in [1.807, 2.05) is 0 Å². The summed E-state index contributed by atoms with van der Waals surface area (Å²) in [5.41, 5.74) is 1.23. The SMILES string of the molecule is N#Cc1c(F)cc(CO)c2c1OCCC2. The molecule has 0 bridgehead atoms. The standard InChI is InChI=1S/C11H10FNO2/c12-10-4-7(6-14)8-2-1-3-15-11(8)9(10)5-13/h4,14H,1-3,6H2. The Hall–Kier alpha value is -1.60. The van der Waals surface area contributed by atoms with Crippen LogP contribution in [0.25, 0.3) is 0 Å². The largest absolute Gasteiger partial charge is 0.492 e. The molecule has 0 saturated carbocycles. The number of nitrogens with zero attached hydrogens (tertiary/aromatic N) is 1. The fraction of sp³-hybridized carbons (Fsp3) is 0.364. The molecule has 0 saturated heterocycles. The van der Waals surface area contributed by atoms with Gasteiger partial charge in [-0.05, 0) is 24.5 Å². The highest BCUT2D eigenvalue weighted by Gasteiger charge is 2.21. The average molecular weight is 207 g/mol. The topological polar surface area (TPSA) is 53.2 Å². The lowest BCUT2D eigenvalue weighted by Crippen LogP contribution is -2.13. The minimum atomic E-state index is -0.623. The summed E-state index contributed by atoms with van der Waals surface area (Å²) in [6.07, 6.45) is 1.55. The molecular weight excluding hydrogens is 197 g/mol. The Morgan fingerprint density at radius 3 is 3.07 bits per heavy atom. The van der Waals surface area contributed by atoms with Crippen molar-refractivity contribution >= 4 is 0 Å². The molecular formula is C11H10FNO2. The third-order valence-corrected chi connectivity index (χ3v) is 2.53. The minimum Gasteiger partial charge on any atom is -0.492 e. The first-order valence-corrected chi connectivity index (χ1v) is 4.76. The van der Waals surface area contributed by atoms with E-state index in [2.05, 4.69) is 0 Å².